The van der Waals surface area contributed by atoms with Crippen molar-refractivity contribution in [3.8, 4) is 5.75 Å². The smallest absolute Gasteiger partial charge is 0.253 e. The Kier molecular flexibility index (Phi) is 5.18. The van der Waals surface area contributed by atoms with E-state index in [1.165, 1.54) is 5.56 Å². The van der Waals surface area contributed by atoms with E-state index in [1.807, 2.05) is 41.3 Å². The average molecular weight is 420 g/mol. The van der Waals surface area contributed by atoms with Gasteiger partial charge in [-0.05, 0) is 43.0 Å². The molecule has 0 aromatic heterocycles. The van der Waals surface area contributed by atoms with Gasteiger partial charge in [-0.25, -0.2) is 0 Å². The number of hydrogen-bond acceptors (Lipinski definition) is 4. The first-order chi connectivity index (χ1) is 15.1. The van der Waals surface area contributed by atoms with Crippen LogP contribution in [0.4, 0.5) is 0 Å². The van der Waals surface area contributed by atoms with E-state index >= 15 is 0 Å². The molecule has 1 unspecified atom stereocenters. The number of likely N-dealkylation sites (tertiary alicyclic amines) is 1. The second-order valence-electron chi connectivity index (χ2n) is 8.88. The lowest BCUT2D eigenvalue weighted by molar-refractivity contribution is -0.134. The Labute approximate surface area is 183 Å². The number of rotatable bonds is 5. The highest BCUT2D eigenvalue weighted by Gasteiger charge is 2.56. The molecule has 1 saturated carbocycles. The van der Waals surface area contributed by atoms with E-state index < -0.39 is 0 Å². The second kappa shape index (κ2) is 8.00. The van der Waals surface area contributed by atoms with Crippen molar-refractivity contribution < 1.29 is 14.3 Å². The largest absolute Gasteiger partial charge is 0.497 e. The number of hydrogen-bond donors (Lipinski definition) is 1. The number of carbonyl (C=O) groups is 2. The van der Waals surface area contributed by atoms with Gasteiger partial charge in [0.05, 0.1) is 18.8 Å². The van der Waals surface area contributed by atoms with Gasteiger partial charge in [0.1, 0.15) is 5.75 Å². The molecule has 31 heavy (non-hydrogen) atoms. The molecule has 2 aliphatic heterocycles. The summed E-state index contributed by atoms with van der Waals surface area (Å²) in [6, 6.07) is 17.7. The summed E-state index contributed by atoms with van der Waals surface area (Å²) < 4.78 is 5.26. The Morgan fingerprint density at radius 3 is 2.52 bits per heavy atom. The van der Waals surface area contributed by atoms with Gasteiger partial charge in [-0.15, -0.1) is 0 Å². The molecule has 0 radical (unpaired) electrons. The number of benzene rings is 2. The number of ether oxygens (including phenoxy) is 1. The predicted molar refractivity (Wildman–Crippen MR) is 118 cm³/mol. The molecule has 1 spiro atoms. The number of amides is 2. The van der Waals surface area contributed by atoms with Gasteiger partial charge in [-0.3, -0.25) is 14.9 Å². The van der Waals surface area contributed by atoms with E-state index in [-0.39, 0.29) is 23.5 Å². The third-order valence-electron chi connectivity index (χ3n) is 6.83. The van der Waals surface area contributed by atoms with E-state index in [2.05, 4.69) is 22.3 Å². The fourth-order valence-electron chi connectivity index (χ4n) is 5.09. The average Bonchev–Trinajstić information content (AvgIpc) is 3.60. The van der Waals surface area contributed by atoms with Crippen LogP contribution >= 0.6 is 0 Å². The number of nitrogens with zero attached hydrogens (tertiary/aromatic N) is 2. The third-order valence-corrected chi connectivity index (χ3v) is 6.83. The predicted octanol–water partition coefficient (Wildman–Crippen LogP) is 2.83. The normalized spacial score (nSPS) is 22.7. The van der Waals surface area contributed by atoms with Crippen molar-refractivity contribution in [2.45, 2.75) is 49.9 Å². The molecule has 0 bridgehead atoms. The van der Waals surface area contributed by atoms with Crippen LogP contribution in [0.5, 0.6) is 5.75 Å². The van der Waals surface area contributed by atoms with Crippen molar-refractivity contribution in [3.05, 3.63) is 65.7 Å². The molecule has 162 valence electrons. The van der Waals surface area contributed by atoms with Crippen LogP contribution in [0.2, 0.25) is 0 Å². The lowest BCUT2D eigenvalue weighted by Crippen LogP contribution is -2.60. The quantitative estimate of drug-likeness (QED) is 0.810. The van der Waals surface area contributed by atoms with Gasteiger partial charge in [0.15, 0.2) is 0 Å². The number of piperidine rings is 1. The minimum atomic E-state index is -0.331. The van der Waals surface area contributed by atoms with Crippen molar-refractivity contribution in [1.29, 1.82) is 0 Å². The maximum Gasteiger partial charge on any atom is 0.253 e. The summed E-state index contributed by atoms with van der Waals surface area (Å²) in [5, 5.41) is 3.71. The zero-order chi connectivity index (χ0) is 21.4. The van der Waals surface area contributed by atoms with Gasteiger partial charge < -0.3 is 14.5 Å². The molecule has 6 heteroatoms. The van der Waals surface area contributed by atoms with E-state index in [0.717, 1.165) is 25.7 Å². The Morgan fingerprint density at radius 2 is 1.84 bits per heavy atom. The first-order valence-corrected chi connectivity index (χ1v) is 11.2. The third kappa shape index (κ3) is 3.81. The van der Waals surface area contributed by atoms with E-state index in [4.69, 9.17) is 4.74 Å². The maximum atomic E-state index is 13.3. The molecule has 2 aromatic rings. The van der Waals surface area contributed by atoms with Crippen molar-refractivity contribution >= 4 is 11.8 Å². The molecule has 5 rings (SSSR count). The fourth-order valence-corrected chi connectivity index (χ4v) is 5.09. The summed E-state index contributed by atoms with van der Waals surface area (Å²) in [5.74, 6) is 0.932. The van der Waals surface area contributed by atoms with Crippen LogP contribution in [0.1, 0.15) is 41.6 Å². The van der Waals surface area contributed by atoms with Gasteiger partial charge in [-0.1, -0.05) is 36.4 Å². The lowest BCUT2D eigenvalue weighted by atomic mass is 9.95. The summed E-state index contributed by atoms with van der Waals surface area (Å²) in [5.41, 5.74) is 1.49. The molecule has 2 saturated heterocycles. The molecular weight excluding hydrogens is 390 g/mol. The van der Waals surface area contributed by atoms with Crippen molar-refractivity contribution in [2.24, 2.45) is 0 Å². The monoisotopic (exact) mass is 419 g/mol. The van der Waals surface area contributed by atoms with E-state index in [1.54, 1.807) is 13.2 Å². The molecule has 1 N–H and O–H groups in total. The molecular formula is C25H29N3O3. The Balaban J connectivity index is 1.30. The molecule has 1 aliphatic carbocycles. The van der Waals surface area contributed by atoms with Gasteiger partial charge in [-0.2, -0.15) is 0 Å². The molecule has 2 aromatic carbocycles. The Hall–Kier alpha value is -2.86. The number of methoxy groups -OCH3 is 1. The molecule has 2 heterocycles. The summed E-state index contributed by atoms with van der Waals surface area (Å²) in [4.78, 5) is 30.4. The SMILES string of the molecule is COc1cccc(C(=O)N2CCC3(CC2)NC(Cc2ccccc2)C(=O)N3C2CC2)c1. The second-order valence-corrected chi connectivity index (χ2v) is 8.88. The van der Waals surface area contributed by atoms with Crippen molar-refractivity contribution in [1.82, 2.24) is 15.1 Å². The number of nitrogens with one attached hydrogen (secondary N) is 1. The first kappa shape index (κ1) is 20.1. The van der Waals surface area contributed by atoms with Crippen LogP contribution in [0.3, 0.4) is 0 Å². The topological polar surface area (TPSA) is 61.9 Å². The summed E-state index contributed by atoms with van der Waals surface area (Å²) in [6.45, 7) is 1.27. The van der Waals surface area contributed by atoms with E-state index in [0.29, 0.717) is 36.9 Å². The highest BCUT2D eigenvalue weighted by atomic mass is 16.5. The van der Waals surface area contributed by atoms with E-state index in [9.17, 15) is 9.59 Å². The van der Waals surface area contributed by atoms with Crippen molar-refractivity contribution in [3.63, 3.8) is 0 Å². The van der Waals surface area contributed by atoms with Gasteiger partial charge in [0.2, 0.25) is 5.91 Å². The molecule has 1 atom stereocenters. The Bertz CT molecular complexity index is 965. The lowest BCUT2D eigenvalue weighted by Gasteiger charge is -2.45. The molecule has 3 aliphatic rings. The van der Waals surface area contributed by atoms with Crippen LogP contribution < -0.4 is 10.1 Å². The van der Waals surface area contributed by atoms with Crippen LogP contribution in [0.25, 0.3) is 0 Å². The zero-order valence-corrected chi connectivity index (χ0v) is 17.9. The van der Waals surface area contributed by atoms with Crippen LogP contribution in [-0.2, 0) is 11.2 Å². The standard InChI is InChI=1S/C25H29N3O3/c1-31-21-9-5-8-19(17-21)23(29)27-14-12-25(13-15-27)26-22(16-18-6-3-2-4-7-18)24(30)28(25)20-10-11-20/h2-9,17,20,22,26H,10-16H2,1H3. The van der Waals surface area contributed by atoms with Crippen molar-refractivity contribution in [2.75, 3.05) is 20.2 Å². The minimum absolute atomic E-state index is 0.0249. The van der Waals surface area contributed by atoms with Crippen LogP contribution in [0, 0.1) is 0 Å². The highest BCUT2D eigenvalue weighted by Crippen LogP contribution is 2.41. The summed E-state index contributed by atoms with van der Waals surface area (Å²) >= 11 is 0. The summed E-state index contributed by atoms with van der Waals surface area (Å²) in [6.07, 6.45) is 4.39. The molecule has 3 fully saturated rings. The zero-order valence-electron chi connectivity index (χ0n) is 17.9. The minimum Gasteiger partial charge on any atom is -0.497 e. The Morgan fingerprint density at radius 1 is 1.10 bits per heavy atom. The van der Waals surface area contributed by atoms with Gasteiger partial charge in [0, 0.05) is 37.5 Å². The maximum absolute atomic E-state index is 13.3. The number of carbonyl (C=O) groups excluding carboxylic acids is 2. The highest BCUT2D eigenvalue weighted by molar-refractivity contribution is 5.94. The summed E-state index contributed by atoms with van der Waals surface area (Å²) in [7, 11) is 1.61. The van der Waals surface area contributed by atoms with Crippen LogP contribution in [0.15, 0.2) is 54.6 Å². The first-order valence-electron chi connectivity index (χ1n) is 11.2. The fraction of sp³-hybridized carbons (Fsp3) is 0.440. The molecule has 2 amide bonds. The van der Waals surface area contributed by atoms with Crippen LogP contribution in [-0.4, -0.2) is 59.6 Å². The van der Waals surface area contributed by atoms with Gasteiger partial charge >= 0.3 is 0 Å². The molecule has 6 nitrogen and oxygen atoms in total. The van der Waals surface area contributed by atoms with Gasteiger partial charge in [0.25, 0.3) is 5.91 Å².